The van der Waals surface area contributed by atoms with Gasteiger partial charge in [0.25, 0.3) is 0 Å². The van der Waals surface area contributed by atoms with E-state index in [0.717, 1.165) is 50.1 Å². The number of aromatic nitrogens is 1. The van der Waals surface area contributed by atoms with Gasteiger partial charge in [-0.05, 0) is 76.9 Å². The van der Waals surface area contributed by atoms with Crippen LogP contribution in [0.1, 0.15) is 25.0 Å². The Kier molecular flexibility index (Phi) is 5.85. The standard InChI is InChI=1S/C46H30N2O2S/c1-46(2)35-17-9-6-14-30(35)31-22-20-29(25-36(31)46)48(28-21-23-41-34(24-28)32-15-8-11-19-40(32)51-41)44-42-33-16-7-10-18-37(33)49-38(42)26-39-43(44)47-45(50-39)27-12-4-3-5-13-27/h3-26H,1-2H3. The minimum absolute atomic E-state index is 0.168. The molecule has 5 heteroatoms. The molecule has 4 nitrogen and oxygen atoms in total. The largest absolute Gasteiger partial charge is 0.456 e. The first-order valence-corrected chi connectivity index (χ1v) is 18.1. The molecule has 3 heterocycles. The summed E-state index contributed by atoms with van der Waals surface area (Å²) in [4.78, 5) is 7.66. The summed E-state index contributed by atoms with van der Waals surface area (Å²) in [7, 11) is 0. The number of para-hydroxylation sites is 1. The molecule has 0 aliphatic heterocycles. The van der Waals surface area contributed by atoms with E-state index in [1.54, 1.807) is 0 Å². The number of hydrogen-bond donors (Lipinski definition) is 0. The summed E-state index contributed by atoms with van der Waals surface area (Å²) in [6, 6.07) is 51.7. The van der Waals surface area contributed by atoms with Crippen molar-refractivity contribution in [3.8, 4) is 22.6 Å². The van der Waals surface area contributed by atoms with Gasteiger partial charge in [0, 0.05) is 54.0 Å². The van der Waals surface area contributed by atoms with Crippen molar-refractivity contribution in [1.29, 1.82) is 0 Å². The molecular formula is C46H30N2O2S. The van der Waals surface area contributed by atoms with Crippen LogP contribution in [0.4, 0.5) is 17.1 Å². The number of fused-ring (bicyclic) bond motifs is 10. The summed E-state index contributed by atoms with van der Waals surface area (Å²) in [5.41, 5.74) is 12.1. The van der Waals surface area contributed by atoms with Gasteiger partial charge in [-0.1, -0.05) is 98.8 Å². The van der Waals surface area contributed by atoms with E-state index in [9.17, 15) is 0 Å². The average molecular weight is 675 g/mol. The van der Waals surface area contributed by atoms with Crippen molar-refractivity contribution >= 4 is 81.6 Å². The van der Waals surface area contributed by atoms with Crippen molar-refractivity contribution < 1.29 is 8.83 Å². The molecule has 3 aromatic heterocycles. The number of thiophene rings is 1. The van der Waals surface area contributed by atoms with Crippen LogP contribution in [0.2, 0.25) is 0 Å². The van der Waals surface area contributed by atoms with Crippen molar-refractivity contribution in [3.63, 3.8) is 0 Å². The third-order valence-electron chi connectivity index (χ3n) is 10.7. The number of nitrogens with zero attached hydrogens (tertiary/aromatic N) is 2. The predicted octanol–water partition coefficient (Wildman–Crippen LogP) is 13.5. The molecule has 0 bridgehead atoms. The van der Waals surface area contributed by atoms with Crippen LogP contribution in [0.3, 0.4) is 0 Å². The molecule has 0 N–H and O–H groups in total. The van der Waals surface area contributed by atoms with E-state index < -0.39 is 0 Å². The third-order valence-corrected chi connectivity index (χ3v) is 11.8. The van der Waals surface area contributed by atoms with Gasteiger partial charge >= 0.3 is 0 Å². The van der Waals surface area contributed by atoms with Crippen molar-refractivity contribution in [2.45, 2.75) is 19.3 Å². The minimum atomic E-state index is -0.168. The highest BCUT2D eigenvalue weighted by Crippen LogP contribution is 2.53. The van der Waals surface area contributed by atoms with Crippen LogP contribution < -0.4 is 4.90 Å². The van der Waals surface area contributed by atoms with Crippen molar-refractivity contribution in [3.05, 3.63) is 157 Å². The van der Waals surface area contributed by atoms with Gasteiger partial charge in [0.15, 0.2) is 5.58 Å². The first-order valence-electron chi connectivity index (χ1n) is 17.3. The molecule has 51 heavy (non-hydrogen) atoms. The topological polar surface area (TPSA) is 42.4 Å². The molecule has 1 aliphatic carbocycles. The van der Waals surface area contributed by atoms with Crippen LogP contribution in [0.5, 0.6) is 0 Å². The second-order valence-electron chi connectivity index (χ2n) is 13.9. The Morgan fingerprint density at radius 1 is 0.549 bits per heavy atom. The molecule has 0 saturated heterocycles. The summed E-state index contributed by atoms with van der Waals surface area (Å²) in [5.74, 6) is 0.577. The number of furan rings is 1. The maximum Gasteiger partial charge on any atom is 0.227 e. The van der Waals surface area contributed by atoms with E-state index in [-0.39, 0.29) is 5.41 Å². The lowest BCUT2D eigenvalue weighted by atomic mass is 9.82. The van der Waals surface area contributed by atoms with Crippen LogP contribution in [-0.4, -0.2) is 4.98 Å². The van der Waals surface area contributed by atoms with E-state index in [0.29, 0.717) is 11.5 Å². The number of anilines is 3. The zero-order valence-electron chi connectivity index (χ0n) is 28.0. The predicted molar refractivity (Wildman–Crippen MR) is 212 cm³/mol. The smallest absolute Gasteiger partial charge is 0.227 e. The van der Waals surface area contributed by atoms with Gasteiger partial charge in [0.1, 0.15) is 16.7 Å². The van der Waals surface area contributed by atoms with Gasteiger partial charge in [0.2, 0.25) is 5.89 Å². The van der Waals surface area contributed by atoms with Gasteiger partial charge < -0.3 is 13.7 Å². The first kappa shape index (κ1) is 28.6. The summed E-state index contributed by atoms with van der Waals surface area (Å²) in [6.45, 7) is 4.67. The molecular weight excluding hydrogens is 645 g/mol. The molecule has 0 fully saturated rings. The van der Waals surface area contributed by atoms with E-state index in [2.05, 4.69) is 116 Å². The molecule has 0 saturated carbocycles. The Labute approximate surface area is 297 Å². The summed E-state index contributed by atoms with van der Waals surface area (Å²) >= 11 is 1.83. The molecule has 0 spiro atoms. The van der Waals surface area contributed by atoms with Crippen molar-refractivity contribution in [2.75, 3.05) is 4.90 Å². The zero-order chi connectivity index (χ0) is 33.8. The van der Waals surface area contributed by atoms with E-state index in [1.807, 2.05) is 59.9 Å². The fourth-order valence-corrected chi connectivity index (χ4v) is 9.35. The van der Waals surface area contributed by atoms with Crippen LogP contribution >= 0.6 is 11.3 Å². The van der Waals surface area contributed by atoms with Crippen LogP contribution in [-0.2, 0) is 5.41 Å². The number of rotatable bonds is 4. The van der Waals surface area contributed by atoms with Gasteiger partial charge in [-0.25, -0.2) is 4.98 Å². The molecule has 0 radical (unpaired) electrons. The monoisotopic (exact) mass is 674 g/mol. The molecule has 242 valence electrons. The average Bonchev–Trinajstić information content (AvgIpc) is 3.92. The van der Waals surface area contributed by atoms with Crippen LogP contribution in [0.15, 0.2) is 154 Å². The second-order valence-corrected chi connectivity index (χ2v) is 15.0. The summed E-state index contributed by atoms with van der Waals surface area (Å²) in [6.07, 6.45) is 0. The summed E-state index contributed by atoms with van der Waals surface area (Å²) < 4.78 is 15.7. The molecule has 0 atom stereocenters. The maximum absolute atomic E-state index is 6.59. The van der Waals surface area contributed by atoms with Crippen molar-refractivity contribution in [2.24, 2.45) is 0 Å². The van der Waals surface area contributed by atoms with Crippen LogP contribution in [0.25, 0.3) is 75.8 Å². The molecule has 1 aliphatic rings. The Morgan fingerprint density at radius 2 is 1.25 bits per heavy atom. The van der Waals surface area contributed by atoms with E-state index in [4.69, 9.17) is 13.8 Å². The lowest BCUT2D eigenvalue weighted by molar-refractivity contribution is 0.617. The normalized spacial score (nSPS) is 13.5. The van der Waals surface area contributed by atoms with Gasteiger partial charge in [-0.2, -0.15) is 0 Å². The highest BCUT2D eigenvalue weighted by atomic mass is 32.1. The Morgan fingerprint density at radius 3 is 2.16 bits per heavy atom. The quantitative estimate of drug-likeness (QED) is 0.186. The van der Waals surface area contributed by atoms with Crippen molar-refractivity contribution in [1.82, 2.24) is 4.98 Å². The summed E-state index contributed by atoms with van der Waals surface area (Å²) in [5, 5.41) is 4.53. The van der Waals surface area contributed by atoms with Crippen LogP contribution in [0, 0.1) is 0 Å². The fourth-order valence-electron chi connectivity index (χ4n) is 8.26. The first-order chi connectivity index (χ1) is 25.0. The minimum Gasteiger partial charge on any atom is -0.456 e. The highest BCUT2D eigenvalue weighted by Gasteiger charge is 2.36. The number of oxazole rings is 1. The van der Waals surface area contributed by atoms with Gasteiger partial charge in [0.05, 0.1) is 11.1 Å². The third kappa shape index (κ3) is 4.10. The van der Waals surface area contributed by atoms with E-state index in [1.165, 1.54) is 42.4 Å². The second kappa shape index (κ2) is 10.4. The Bertz CT molecular complexity index is 3020. The zero-order valence-corrected chi connectivity index (χ0v) is 28.8. The molecule has 0 unspecified atom stereocenters. The lowest BCUT2D eigenvalue weighted by Crippen LogP contribution is -2.16. The number of hydrogen-bond acceptors (Lipinski definition) is 5. The van der Waals surface area contributed by atoms with E-state index >= 15 is 0 Å². The number of benzene rings is 7. The molecule has 0 amide bonds. The molecule has 10 aromatic rings. The maximum atomic E-state index is 6.59. The Hall–Kier alpha value is -6.17. The Balaban J connectivity index is 1.26. The fraction of sp³-hybridized carbons (Fsp3) is 0.0652. The SMILES string of the molecule is CC1(C)c2ccccc2-c2ccc(N(c3ccc4sc5ccccc5c4c3)c3c4nc(-c5ccccc5)oc4cc4oc5ccccc5c34)cc21. The lowest BCUT2D eigenvalue weighted by Gasteiger charge is -2.29. The van der Waals surface area contributed by atoms with Gasteiger partial charge in [-0.3, -0.25) is 0 Å². The van der Waals surface area contributed by atoms with Gasteiger partial charge in [-0.15, -0.1) is 11.3 Å². The highest BCUT2D eigenvalue weighted by molar-refractivity contribution is 7.25. The molecule has 11 rings (SSSR count). The molecule has 7 aromatic carbocycles.